The molecule has 0 heterocycles. The first-order chi connectivity index (χ1) is 9.82. The molecule has 1 amide bonds. The highest BCUT2D eigenvalue weighted by atomic mass is 32.2. The van der Waals surface area contributed by atoms with E-state index in [1.165, 1.54) is 12.1 Å². The van der Waals surface area contributed by atoms with Crippen molar-refractivity contribution >= 4 is 21.9 Å². The molecule has 0 fully saturated rings. The predicted molar refractivity (Wildman–Crippen MR) is 75.5 cm³/mol. The first-order valence-corrected chi connectivity index (χ1v) is 7.91. The minimum atomic E-state index is -3.71. The molecule has 116 valence electrons. The molecular formula is C13H18N2O5S. The molecule has 21 heavy (non-hydrogen) atoms. The summed E-state index contributed by atoms with van der Waals surface area (Å²) in [6.45, 7) is 2.23. The number of hydrogen-bond acceptors (Lipinski definition) is 5. The Balaban J connectivity index is 2.41. The molecule has 0 bridgehead atoms. The fraction of sp³-hybridized carbons (Fsp3) is 0.385. The van der Waals surface area contributed by atoms with Gasteiger partial charge >= 0.3 is 5.97 Å². The van der Waals surface area contributed by atoms with E-state index in [2.05, 4.69) is 5.32 Å². The van der Waals surface area contributed by atoms with Crippen molar-refractivity contribution in [2.24, 2.45) is 5.14 Å². The van der Waals surface area contributed by atoms with E-state index < -0.39 is 16.0 Å². The van der Waals surface area contributed by atoms with Crippen LogP contribution in [0.15, 0.2) is 29.2 Å². The summed E-state index contributed by atoms with van der Waals surface area (Å²) in [5.41, 5.74) is 0.729. The third kappa shape index (κ3) is 6.37. The van der Waals surface area contributed by atoms with Crippen molar-refractivity contribution in [2.75, 3.05) is 6.61 Å². The zero-order chi connectivity index (χ0) is 15.9. The number of amides is 1. The number of nitrogens with one attached hydrogen (secondary N) is 1. The number of hydrogen-bond donors (Lipinski definition) is 2. The van der Waals surface area contributed by atoms with Crippen molar-refractivity contribution < 1.29 is 22.7 Å². The largest absolute Gasteiger partial charge is 0.466 e. The molecule has 0 radical (unpaired) electrons. The third-order valence-electron chi connectivity index (χ3n) is 2.60. The van der Waals surface area contributed by atoms with Gasteiger partial charge in [-0.25, -0.2) is 13.6 Å². The van der Waals surface area contributed by atoms with Crippen molar-refractivity contribution in [3.63, 3.8) is 0 Å². The van der Waals surface area contributed by atoms with E-state index in [9.17, 15) is 18.0 Å². The Bertz CT molecular complexity index is 595. The van der Waals surface area contributed by atoms with Crippen LogP contribution in [-0.4, -0.2) is 26.9 Å². The lowest BCUT2D eigenvalue weighted by Crippen LogP contribution is -2.23. The lowest BCUT2D eigenvalue weighted by atomic mass is 10.2. The number of ether oxygens (including phenoxy) is 1. The number of carbonyl (C=O) groups excluding carboxylic acids is 2. The van der Waals surface area contributed by atoms with Crippen LogP contribution in [0.4, 0.5) is 0 Å². The molecule has 0 aromatic heterocycles. The Labute approximate surface area is 123 Å². The van der Waals surface area contributed by atoms with Gasteiger partial charge in [-0.3, -0.25) is 9.59 Å². The maximum absolute atomic E-state index is 11.5. The number of primary sulfonamides is 1. The molecule has 0 atom stereocenters. The van der Waals surface area contributed by atoms with Crippen molar-refractivity contribution in [1.82, 2.24) is 5.32 Å². The lowest BCUT2D eigenvalue weighted by molar-refractivity contribution is -0.144. The Morgan fingerprint density at radius 2 is 1.81 bits per heavy atom. The van der Waals surface area contributed by atoms with E-state index in [-0.39, 0.29) is 36.8 Å². The Morgan fingerprint density at radius 3 is 2.33 bits per heavy atom. The minimum absolute atomic E-state index is 0.0138. The topological polar surface area (TPSA) is 116 Å². The average molecular weight is 314 g/mol. The van der Waals surface area contributed by atoms with Crippen LogP contribution >= 0.6 is 0 Å². The SMILES string of the molecule is CCOC(=O)CCC(=O)NCc1ccc(S(N)(=O)=O)cc1. The van der Waals surface area contributed by atoms with E-state index in [0.717, 1.165) is 5.56 Å². The van der Waals surface area contributed by atoms with Gasteiger partial charge in [0.05, 0.1) is 17.9 Å². The quantitative estimate of drug-likeness (QED) is 0.702. The molecule has 3 N–H and O–H groups in total. The van der Waals surface area contributed by atoms with Gasteiger partial charge in [-0.05, 0) is 24.6 Å². The fourth-order valence-corrected chi connectivity index (χ4v) is 2.05. The molecular weight excluding hydrogens is 296 g/mol. The van der Waals surface area contributed by atoms with Crippen LogP contribution < -0.4 is 10.5 Å². The molecule has 7 nitrogen and oxygen atoms in total. The molecule has 0 unspecified atom stereocenters. The monoisotopic (exact) mass is 314 g/mol. The maximum Gasteiger partial charge on any atom is 0.306 e. The van der Waals surface area contributed by atoms with E-state index in [1.54, 1.807) is 19.1 Å². The van der Waals surface area contributed by atoms with Gasteiger partial charge in [0.2, 0.25) is 15.9 Å². The van der Waals surface area contributed by atoms with E-state index in [4.69, 9.17) is 9.88 Å². The Hall–Kier alpha value is -1.93. The number of nitrogens with two attached hydrogens (primary N) is 1. The molecule has 0 aliphatic rings. The summed E-state index contributed by atoms with van der Waals surface area (Å²) in [4.78, 5) is 22.6. The van der Waals surface area contributed by atoms with Crippen LogP contribution in [-0.2, 0) is 30.9 Å². The number of carbonyl (C=O) groups is 2. The van der Waals surface area contributed by atoms with Crippen molar-refractivity contribution in [3.8, 4) is 0 Å². The van der Waals surface area contributed by atoms with Crippen LogP contribution in [0.25, 0.3) is 0 Å². The molecule has 0 spiro atoms. The predicted octanol–water partition coefficient (Wildman–Crippen LogP) is 0.294. The molecule has 0 aliphatic heterocycles. The van der Waals surface area contributed by atoms with Gasteiger partial charge in [-0.1, -0.05) is 12.1 Å². The smallest absolute Gasteiger partial charge is 0.306 e. The standard InChI is InChI=1S/C13H18N2O5S/c1-2-20-13(17)8-7-12(16)15-9-10-3-5-11(6-4-10)21(14,18)19/h3-6H,2,7-9H2,1H3,(H,15,16)(H2,14,18,19). The summed E-state index contributed by atoms with van der Waals surface area (Å²) in [7, 11) is -3.71. The molecule has 0 saturated heterocycles. The van der Waals surface area contributed by atoms with Gasteiger partial charge in [0, 0.05) is 13.0 Å². The maximum atomic E-state index is 11.5. The molecule has 1 rings (SSSR count). The van der Waals surface area contributed by atoms with Crippen LogP contribution in [0.5, 0.6) is 0 Å². The molecule has 1 aromatic rings. The average Bonchev–Trinajstić information content (AvgIpc) is 2.43. The van der Waals surface area contributed by atoms with Gasteiger partial charge in [0.1, 0.15) is 0 Å². The third-order valence-corrected chi connectivity index (χ3v) is 3.53. The summed E-state index contributed by atoms with van der Waals surface area (Å²) < 4.78 is 26.9. The highest BCUT2D eigenvalue weighted by molar-refractivity contribution is 7.89. The fourth-order valence-electron chi connectivity index (χ4n) is 1.53. The van der Waals surface area contributed by atoms with Crippen LogP contribution in [0.3, 0.4) is 0 Å². The van der Waals surface area contributed by atoms with Crippen LogP contribution in [0.2, 0.25) is 0 Å². The Morgan fingerprint density at radius 1 is 1.19 bits per heavy atom. The zero-order valence-corrected chi connectivity index (χ0v) is 12.5. The minimum Gasteiger partial charge on any atom is -0.466 e. The highest BCUT2D eigenvalue weighted by Crippen LogP contribution is 2.08. The second kappa shape index (κ2) is 7.75. The highest BCUT2D eigenvalue weighted by Gasteiger charge is 2.09. The Kier molecular flexibility index (Phi) is 6.32. The molecule has 0 saturated carbocycles. The summed E-state index contributed by atoms with van der Waals surface area (Å²) >= 11 is 0. The van der Waals surface area contributed by atoms with Crippen LogP contribution in [0.1, 0.15) is 25.3 Å². The first kappa shape index (κ1) is 17.1. The summed E-state index contributed by atoms with van der Waals surface area (Å²) in [5.74, 6) is -0.691. The number of benzene rings is 1. The second-order valence-electron chi connectivity index (χ2n) is 4.27. The van der Waals surface area contributed by atoms with Crippen molar-refractivity contribution in [3.05, 3.63) is 29.8 Å². The first-order valence-electron chi connectivity index (χ1n) is 6.37. The summed E-state index contributed by atoms with van der Waals surface area (Å²) in [5, 5.41) is 7.61. The summed E-state index contributed by atoms with van der Waals surface area (Å²) in [6, 6.07) is 5.86. The number of sulfonamides is 1. The normalized spacial score (nSPS) is 11.0. The lowest BCUT2D eigenvalue weighted by Gasteiger charge is -2.06. The van der Waals surface area contributed by atoms with Crippen molar-refractivity contribution in [1.29, 1.82) is 0 Å². The van der Waals surface area contributed by atoms with E-state index >= 15 is 0 Å². The van der Waals surface area contributed by atoms with Gasteiger partial charge in [-0.15, -0.1) is 0 Å². The molecule has 0 aliphatic carbocycles. The van der Waals surface area contributed by atoms with Gasteiger partial charge < -0.3 is 10.1 Å². The van der Waals surface area contributed by atoms with Crippen LogP contribution in [0, 0.1) is 0 Å². The van der Waals surface area contributed by atoms with Gasteiger partial charge in [0.25, 0.3) is 0 Å². The molecule has 1 aromatic carbocycles. The second-order valence-corrected chi connectivity index (χ2v) is 5.83. The van der Waals surface area contributed by atoms with Gasteiger partial charge in [-0.2, -0.15) is 0 Å². The van der Waals surface area contributed by atoms with Crippen molar-refractivity contribution in [2.45, 2.75) is 31.2 Å². The van der Waals surface area contributed by atoms with Gasteiger partial charge in [0.15, 0.2) is 0 Å². The zero-order valence-electron chi connectivity index (χ0n) is 11.7. The van der Waals surface area contributed by atoms with E-state index in [0.29, 0.717) is 0 Å². The summed E-state index contributed by atoms with van der Waals surface area (Å²) in [6.07, 6.45) is 0.0815. The molecule has 8 heteroatoms. The number of rotatable bonds is 7. The van der Waals surface area contributed by atoms with E-state index in [1.807, 2.05) is 0 Å². The number of esters is 1.